The van der Waals surface area contributed by atoms with Crippen LogP contribution >= 0.6 is 12.4 Å². The average molecular weight is 192 g/mol. The quantitative estimate of drug-likeness (QED) is 0.725. The van der Waals surface area contributed by atoms with Crippen LogP contribution in [0.4, 0.5) is 0 Å². The average Bonchev–Trinajstić information content (AvgIpc) is 2.05. The second kappa shape index (κ2) is 5.55. The predicted molar refractivity (Wildman–Crippen MR) is 52.5 cm³/mol. The lowest BCUT2D eigenvalue weighted by molar-refractivity contribution is -0.124. The van der Waals surface area contributed by atoms with Gasteiger partial charge in [-0.1, -0.05) is 19.3 Å². The van der Waals surface area contributed by atoms with Gasteiger partial charge in [-0.25, -0.2) is 0 Å². The molecule has 1 rings (SSSR count). The molecule has 0 aromatic carbocycles. The molecular weight excluding hydrogens is 174 g/mol. The van der Waals surface area contributed by atoms with Gasteiger partial charge in [0.1, 0.15) is 0 Å². The Hall–Kier alpha value is -0.0800. The first kappa shape index (κ1) is 11.9. The number of nitrogens with two attached hydrogens (primary N) is 1. The number of hydrogen-bond acceptors (Lipinski definition) is 2. The van der Waals surface area contributed by atoms with Crippen molar-refractivity contribution < 1.29 is 4.79 Å². The van der Waals surface area contributed by atoms with Crippen LogP contribution in [0.15, 0.2) is 0 Å². The van der Waals surface area contributed by atoms with Gasteiger partial charge in [-0.2, -0.15) is 0 Å². The summed E-state index contributed by atoms with van der Waals surface area (Å²) in [5, 5.41) is 0. The van der Waals surface area contributed by atoms with Gasteiger partial charge < -0.3 is 5.73 Å². The van der Waals surface area contributed by atoms with E-state index in [2.05, 4.69) is 0 Å². The first-order valence-corrected chi connectivity index (χ1v) is 4.51. The number of carbonyl (C=O) groups excluding carboxylic acids is 1. The highest BCUT2D eigenvalue weighted by Gasteiger charge is 2.22. The number of ketones is 1. The van der Waals surface area contributed by atoms with Crippen LogP contribution in [0.25, 0.3) is 0 Å². The van der Waals surface area contributed by atoms with Gasteiger partial charge >= 0.3 is 0 Å². The van der Waals surface area contributed by atoms with E-state index in [1.165, 1.54) is 19.3 Å². The van der Waals surface area contributed by atoms with E-state index in [4.69, 9.17) is 5.73 Å². The molecule has 0 aromatic heterocycles. The van der Waals surface area contributed by atoms with Crippen molar-refractivity contribution in [3.05, 3.63) is 0 Å². The Bertz CT molecular complexity index is 141. The monoisotopic (exact) mass is 191 g/mol. The van der Waals surface area contributed by atoms with Gasteiger partial charge in [0, 0.05) is 5.92 Å². The van der Waals surface area contributed by atoms with E-state index in [9.17, 15) is 4.79 Å². The van der Waals surface area contributed by atoms with Gasteiger partial charge in [-0.15, -0.1) is 12.4 Å². The van der Waals surface area contributed by atoms with Crippen molar-refractivity contribution >= 4 is 18.2 Å². The smallest absolute Gasteiger partial charge is 0.152 e. The highest BCUT2D eigenvalue weighted by molar-refractivity contribution is 5.85. The molecule has 0 heterocycles. The first-order valence-electron chi connectivity index (χ1n) is 4.51. The number of Topliss-reactive ketones (excluding diaryl/α,β-unsaturated/α-hetero) is 1. The third-order valence-corrected chi connectivity index (χ3v) is 2.46. The van der Waals surface area contributed by atoms with Crippen molar-refractivity contribution in [2.75, 3.05) is 0 Å². The van der Waals surface area contributed by atoms with Gasteiger partial charge in [0.25, 0.3) is 0 Å². The van der Waals surface area contributed by atoms with Crippen molar-refractivity contribution in [3.8, 4) is 0 Å². The van der Waals surface area contributed by atoms with Gasteiger partial charge in [0.2, 0.25) is 0 Å². The predicted octanol–water partition coefficient (Wildman–Crippen LogP) is 1.90. The Morgan fingerprint density at radius 1 is 1.33 bits per heavy atom. The standard InChI is InChI=1S/C9H17NO.ClH/c1-7(10)9(11)8-5-3-2-4-6-8;/h7-8H,2-6,10H2,1H3;1H. The maximum atomic E-state index is 11.4. The Labute approximate surface area is 80.3 Å². The molecule has 3 heteroatoms. The molecule has 0 aromatic rings. The van der Waals surface area contributed by atoms with Crippen molar-refractivity contribution in [3.63, 3.8) is 0 Å². The van der Waals surface area contributed by atoms with Crippen LogP contribution in [0.3, 0.4) is 0 Å². The zero-order valence-corrected chi connectivity index (χ0v) is 8.40. The van der Waals surface area contributed by atoms with Gasteiger partial charge in [-0.05, 0) is 19.8 Å². The molecule has 12 heavy (non-hydrogen) atoms. The van der Waals surface area contributed by atoms with Crippen LogP contribution in [0, 0.1) is 5.92 Å². The van der Waals surface area contributed by atoms with E-state index < -0.39 is 0 Å². The second-order valence-corrected chi connectivity index (χ2v) is 3.53. The molecule has 2 N–H and O–H groups in total. The lowest BCUT2D eigenvalue weighted by atomic mass is 9.84. The van der Waals surface area contributed by atoms with E-state index in [0.29, 0.717) is 0 Å². The van der Waals surface area contributed by atoms with E-state index in [1.807, 2.05) is 0 Å². The molecule has 1 saturated carbocycles. The summed E-state index contributed by atoms with van der Waals surface area (Å²) in [7, 11) is 0. The molecule has 0 saturated heterocycles. The minimum Gasteiger partial charge on any atom is -0.322 e. The molecule has 1 atom stereocenters. The lowest BCUT2D eigenvalue weighted by Gasteiger charge is -2.21. The zero-order valence-electron chi connectivity index (χ0n) is 7.58. The van der Waals surface area contributed by atoms with Crippen molar-refractivity contribution in [1.82, 2.24) is 0 Å². The molecule has 72 valence electrons. The number of halogens is 1. The fraction of sp³-hybridized carbons (Fsp3) is 0.889. The van der Waals surface area contributed by atoms with E-state index in [-0.39, 0.29) is 30.2 Å². The van der Waals surface area contributed by atoms with Crippen LogP contribution < -0.4 is 5.73 Å². The minimum absolute atomic E-state index is 0. The molecule has 0 amide bonds. The SMILES string of the molecule is CC(N)C(=O)C1CCCCC1.Cl. The van der Waals surface area contributed by atoms with E-state index >= 15 is 0 Å². The van der Waals surface area contributed by atoms with Crippen molar-refractivity contribution in [2.45, 2.75) is 45.1 Å². The molecule has 1 aliphatic carbocycles. The van der Waals surface area contributed by atoms with Gasteiger partial charge in [0.15, 0.2) is 5.78 Å². The summed E-state index contributed by atoms with van der Waals surface area (Å²) in [6.45, 7) is 1.79. The third-order valence-electron chi connectivity index (χ3n) is 2.46. The lowest BCUT2D eigenvalue weighted by Crippen LogP contribution is -2.33. The largest absolute Gasteiger partial charge is 0.322 e. The normalized spacial score (nSPS) is 21.2. The third kappa shape index (κ3) is 3.11. The van der Waals surface area contributed by atoms with Crippen molar-refractivity contribution in [2.24, 2.45) is 11.7 Å². The summed E-state index contributed by atoms with van der Waals surface area (Å²) in [5.41, 5.74) is 5.52. The minimum atomic E-state index is -0.252. The Morgan fingerprint density at radius 3 is 2.25 bits per heavy atom. The summed E-state index contributed by atoms with van der Waals surface area (Å²) >= 11 is 0. The highest BCUT2D eigenvalue weighted by Crippen LogP contribution is 2.24. The molecule has 1 fully saturated rings. The molecule has 0 spiro atoms. The van der Waals surface area contributed by atoms with Crippen LogP contribution in [0.2, 0.25) is 0 Å². The number of rotatable bonds is 2. The van der Waals surface area contributed by atoms with Crippen LogP contribution in [0.5, 0.6) is 0 Å². The molecule has 0 radical (unpaired) electrons. The first-order chi connectivity index (χ1) is 5.22. The summed E-state index contributed by atoms with van der Waals surface area (Å²) < 4.78 is 0. The van der Waals surface area contributed by atoms with Gasteiger partial charge in [0.05, 0.1) is 6.04 Å². The summed E-state index contributed by atoms with van der Waals surface area (Å²) in [4.78, 5) is 11.4. The Kier molecular flexibility index (Phi) is 5.51. The fourth-order valence-electron chi connectivity index (χ4n) is 1.76. The molecule has 2 nitrogen and oxygen atoms in total. The Balaban J connectivity index is 0.00000121. The van der Waals surface area contributed by atoms with Crippen LogP contribution in [0.1, 0.15) is 39.0 Å². The fourth-order valence-corrected chi connectivity index (χ4v) is 1.76. The number of carbonyl (C=O) groups is 1. The Morgan fingerprint density at radius 2 is 1.83 bits per heavy atom. The molecular formula is C9H18ClNO. The highest BCUT2D eigenvalue weighted by atomic mass is 35.5. The maximum absolute atomic E-state index is 11.4. The maximum Gasteiger partial charge on any atom is 0.152 e. The summed E-state index contributed by atoms with van der Waals surface area (Å²) in [6, 6.07) is -0.252. The molecule has 0 bridgehead atoms. The zero-order chi connectivity index (χ0) is 8.27. The summed E-state index contributed by atoms with van der Waals surface area (Å²) in [5.74, 6) is 0.549. The molecule has 0 aliphatic heterocycles. The van der Waals surface area contributed by atoms with Crippen LogP contribution in [-0.2, 0) is 4.79 Å². The molecule has 1 aliphatic rings. The van der Waals surface area contributed by atoms with Crippen LogP contribution in [-0.4, -0.2) is 11.8 Å². The summed E-state index contributed by atoms with van der Waals surface area (Å²) in [6.07, 6.45) is 5.86. The van der Waals surface area contributed by atoms with E-state index in [0.717, 1.165) is 12.8 Å². The molecule has 1 unspecified atom stereocenters. The topological polar surface area (TPSA) is 43.1 Å². The van der Waals surface area contributed by atoms with E-state index in [1.54, 1.807) is 6.92 Å². The number of hydrogen-bond donors (Lipinski definition) is 1. The van der Waals surface area contributed by atoms with Gasteiger partial charge in [-0.3, -0.25) is 4.79 Å². The van der Waals surface area contributed by atoms with Crippen molar-refractivity contribution in [1.29, 1.82) is 0 Å². The second-order valence-electron chi connectivity index (χ2n) is 3.53.